The lowest BCUT2D eigenvalue weighted by Crippen LogP contribution is -2.42. The number of hydrogen-bond acceptors (Lipinski definition) is 6. The third kappa shape index (κ3) is 2.89. The van der Waals surface area contributed by atoms with Crippen molar-refractivity contribution < 1.29 is 19.7 Å². The predicted octanol–water partition coefficient (Wildman–Crippen LogP) is 0.814. The van der Waals surface area contributed by atoms with Gasteiger partial charge in [0.2, 0.25) is 0 Å². The van der Waals surface area contributed by atoms with Crippen LogP contribution in [0, 0.1) is 11.8 Å². The molecule has 1 aliphatic heterocycles. The summed E-state index contributed by atoms with van der Waals surface area (Å²) in [5.41, 5.74) is 0.198. The number of pyridine rings is 1. The van der Waals surface area contributed by atoms with Crippen molar-refractivity contribution in [1.29, 1.82) is 0 Å². The van der Waals surface area contributed by atoms with Crippen molar-refractivity contribution in [3.05, 3.63) is 30.2 Å². The fraction of sp³-hybridized carbons (Fsp3) is 0.529. The standard InChI is InChI=1S/C17H19N3O4/c21-14(13-1-2-15-18-12-19-20(15)11-13)3-4-16(22)5-7-17(8-6-16)23-9-10-24-17/h1-2,11-12,14,21-22H,5-10H2. The topological polar surface area (TPSA) is 89.1 Å². The summed E-state index contributed by atoms with van der Waals surface area (Å²) in [5, 5.41) is 24.9. The molecule has 1 spiro atoms. The molecule has 1 atom stereocenters. The van der Waals surface area contributed by atoms with E-state index in [1.165, 1.54) is 6.33 Å². The maximum atomic E-state index is 10.6. The van der Waals surface area contributed by atoms with E-state index in [0.29, 0.717) is 50.1 Å². The molecule has 2 fully saturated rings. The first-order chi connectivity index (χ1) is 11.6. The average Bonchev–Trinajstić information content (AvgIpc) is 3.25. The molecule has 1 saturated heterocycles. The second-order valence-electron chi connectivity index (χ2n) is 6.34. The molecule has 126 valence electrons. The van der Waals surface area contributed by atoms with Gasteiger partial charge in [0, 0.05) is 24.6 Å². The Balaban J connectivity index is 1.46. The Morgan fingerprint density at radius 1 is 1.17 bits per heavy atom. The largest absolute Gasteiger partial charge is 0.378 e. The second kappa shape index (κ2) is 5.83. The molecular weight excluding hydrogens is 310 g/mol. The van der Waals surface area contributed by atoms with Gasteiger partial charge in [-0.05, 0) is 18.9 Å². The molecule has 24 heavy (non-hydrogen) atoms. The summed E-state index contributed by atoms with van der Waals surface area (Å²) in [5.74, 6) is 5.06. The van der Waals surface area contributed by atoms with Crippen LogP contribution >= 0.6 is 0 Å². The zero-order chi connectivity index (χ0) is 16.6. The molecule has 0 bridgehead atoms. The normalized spacial score (nSPS) is 23.1. The van der Waals surface area contributed by atoms with Crippen LogP contribution in [0.3, 0.4) is 0 Å². The predicted molar refractivity (Wildman–Crippen MR) is 83.8 cm³/mol. The number of fused-ring (bicyclic) bond motifs is 1. The molecule has 0 radical (unpaired) electrons. The number of aromatic nitrogens is 3. The van der Waals surface area contributed by atoms with Crippen LogP contribution in [0.2, 0.25) is 0 Å². The van der Waals surface area contributed by atoms with Gasteiger partial charge in [0.05, 0.1) is 13.2 Å². The van der Waals surface area contributed by atoms with E-state index in [4.69, 9.17) is 9.47 Å². The molecule has 2 aromatic rings. The van der Waals surface area contributed by atoms with Crippen LogP contribution < -0.4 is 0 Å². The minimum atomic E-state index is -1.11. The molecule has 2 aromatic heterocycles. The quantitative estimate of drug-likeness (QED) is 0.753. The van der Waals surface area contributed by atoms with E-state index < -0.39 is 17.5 Å². The van der Waals surface area contributed by atoms with Crippen molar-refractivity contribution in [2.24, 2.45) is 0 Å². The lowest BCUT2D eigenvalue weighted by atomic mass is 9.81. The fourth-order valence-corrected chi connectivity index (χ4v) is 3.24. The van der Waals surface area contributed by atoms with E-state index in [0.717, 1.165) is 0 Å². The Labute approximate surface area is 139 Å². The van der Waals surface area contributed by atoms with Gasteiger partial charge in [-0.1, -0.05) is 17.9 Å². The maximum Gasteiger partial charge on any atom is 0.168 e. The van der Waals surface area contributed by atoms with Gasteiger partial charge in [-0.2, -0.15) is 5.10 Å². The number of aliphatic hydroxyl groups excluding tert-OH is 1. The van der Waals surface area contributed by atoms with Crippen LogP contribution in [-0.2, 0) is 9.47 Å². The summed E-state index contributed by atoms with van der Waals surface area (Å²) in [7, 11) is 0. The second-order valence-corrected chi connectivity index (χ2v) is 6.34. The zero-order valence-corrected chi connectivity index (χ0v) is 13.2. The van der Waals surface area contributed by atoms with Crippen LogP contribution in [0.25, 0.3) is 5.65 Å². The Hall–Kier alpha value is -1.98. The molecular formula is C17H19N3O4. The van der Waals surface area contributed by atoms with Crippen LogP contribution in [0.5, 0.6) is 0 Å². The summed E-state index contributed by atoms with van der Waals surface area (Å²) in [6.07, 6.45) is 4.30. The van der Waals surface area contributed by atoms with Crippen LogP contribution in [0.1, 0.15) is 37.4 Å². The van der Waals surface area contributed by atoms with Crippen molar-refractivity contribution >= 4 is 5.65 Å². The lowest BCUT2D eigenvalue weighted by Gasteiger charge is -2.37. The first kappa shape index (κ1) is 15.5. The monoisotopic (exact) mass is 329 g/mol. The molecule has 0 aromatic carbocycles. The van der Waals surface area contributed by atoms with E-state index in [2.05, 4.69) is 21.9 Å². The van der Waals surface area contributed by atoms with Crippen LogP contribution in [0.4, 0.5) is 0 Å². The Morgan fingerprint density at radius 3 is 2.67 bits per heavy atom. The fourth-order valence-electron chi connectivity index (χ4n) is 3.24. The highest BCUT2D eigenvalue weighted by Gasteiger charge is 2.44. The highest BCUT2D eigenvalue weighted by atomic mass is 16.7. The van der Waals surface area contributed by atoms with E-state index in [9.17, 15) is 10.2 Å². The van der Waals surface area contributed by atoms with E-state index >= 15 is 0 Å². The van der Waals surface area contributed by atoms with Crippen molar-refractivity contribution in [1.82, 2.24) is 14.6 Å². The number of rotatable bonds is 1. The van der Waals surface area contributed by atoms with Gasteiger partial charge >= 0.3 is 0 Å². The minimum absolute atomic E-state index is 0.467. The molecule has 1 saturated carbocycles. The molecule has 1 unspecified atom stereocenters. The average molecular weight is 329 g/mol. The minimum Gasteiger partial charge on any atom is -0.378 e. The highest BCUT2D eigenvalue weighted by Crippen LogP contribution is 2.40. The Bertz CT molecular complexity index is 791. The van der Waals surface area contributed by atoms with Crippen LogP contribution in [-0.4, -0.2) is 49.4 Å². The van der Waals surface area contributed by atoms with E-state index in [-0.39, 0.29) is 0 Å². The molecule has 2 aliphatic rings. The molecule has 3 heterocycles. The first-order valence-electron chi connectivity index (χ1n) is 8.08. The van der Waals surface area contributed by atoms with Gasteiger partial charge < -0.3 is 19.7 Å². The summed E-state index contributed by atoms with van der Waals surface area (Å²) in [4.78, 5) is 4.05. The number of nitrogens with zero attached hydrogens (tertiary/aromatic N) is 3. The highest BCUT2D eigenvalue weighted by molar-refractivity contribution is 5.39. The van der Waals surface area contributed by atoms with Crippen molar-refractivity contribution in [2.75, 3.05) is 13.2 Å². The van der Waals surface area contributed by atoms with Gasteiger partial charge in [0.1, 0.15) is 18.0 Å². The van der Waals surface area contributed by atoms with Crippen LogP contribution in [0.15, 0.2) is 24.7 Å². The van der Waals surface area contributed by atoms with E-state index in [1.54, 1.807) is 22.8 Å². The summed E-state index contributed by atoms with van der Waals surface area (Å²) < 4.78 is 12.9. The molecule has 7 nitrogen and oxygen atoms in total. The summed E-state index contributed by atoms with van der Waals surface area (Å²) >= 11 is 0. The van der Waals surface area contributed by atoms with Crippen molar-refractivity contribution in [3.8, 4) is 11.8 Å². The summed E-state index contributed by atoms with van der Waals surface area (Å²) in [6, 6.07) is 3.52. The van der Waals surface area contributed by atoms with Crippen molar-refractivity contribution in [2.45, 2.75) is 43.2 Å². The van der Waals surface area contributed by atoms with Gasteiger partial charge in [-0.25, -0.2) is 9.50 Å². The van der Waals surface area contributed by atoms with Gasteiger partial charge in [0.25, 0.3) is 0 Å². The molecule has 0 amide bonds. The number of ether oxygens (including phenoxy) is 2. The third-order valence-corrected chi connectivity index (χ3v) is 4.71. The maximum absolute atomic E-state index is 10.6. The Morgan fingerprint density at radius 2 is 1.92 bits per heavy atom. The molecule has 1 aliphatic carbocycles. The van der Waals surface area contributed by atoms with Gasteiger partial charge in [-0.15, -0.1) is 0 Å². The van der Waals surface area contributed by atoms with Crippen molar-refractivity contribution in [3.63, 3.8) is 0 Å². The number of aliphatic hydroxyl groups is 2. The zero-order valence-electron chi connectivity index (χ0n) is 13.2. The number of hydrogen-bond donors (Lipinski definition) is 2. The Kier molecular flexibility index (Phi) is 3.77. The molecule has 2 N–H and O–H groups in total. The summed E-state index contributed by atoms with van der Waals surface area (Å²) in [6.45, 7) is 1.21. The first-order valence-corrected chi connectivity index (χ1v) is 8.08. The molecule has 4 rings (SSSR count). The van der Waals surface area contributed by atoms with E-state index in [1.807, 2.05) is 0 Å². The molecule has 7 heteroatoms. The van der Waals surface area contributed by atoms with Gasteiger partial charge in [-0.3, -0.25) is 0 Å². The SMILES string of the molecule is OC(C#CC1(O)CCC2(CC1)OCCO2)c1ccc2ncnn2c1. The van der Waals surface area contributed by atoms with Gasteiger partial charge in [0.15, 0.2) is 11.4 Å². The third-order valence-electron chi connectivity index (χ3n) is 4.71. The smallest absolute Gasteiger partial charge is 0.168 e. The lowest BCUT2D eigenvalue weighted by molar-refractivity contribution is -0.195.